The molecule has 0 spiro atoms. The Labute approximate surface area is 128 Å². The highest BCUT2D eigenvalue weighted by atomic mass is 35.5. The van der Waals surface area contributed by atoms with E-state index >= 15 is 0 Å². The first kappa shape index (κ1) is 15.5. The largest absolute Gasteiger partial charge is 0.319 e. The predicted molar refractivity (Wildman–Crippen MR) is 83.4 cm³/mol. The smallest absolute Gasteiger partial charge is 0.256 e. The number of hydrogen-bond donors (Lipinski definition) is 2. The van der Waals surface area contributed by atoms with E-state index in [1.165, 1.54) is 18.2 Å². The maximum absolute atomic E-state index is 13.7. The van der Waals surface area contributed by atoms with Crippen LogP contribution in [0.3, 0.4) is 0 Å². The van der Waals surface area contributed by atoms with Crippen molar-refractivity contribution < 1.29 is 9.18 Å². The van der Waals surface area contributed by atoms with Crippen LogP contribution < -0.4 is 10.6 Å². The average molecular weight is 307 g/mol. The van der Waals surface area contributed by atoms with E-state index < -0.39 is 5.82 Å². The maximum Gasteiger partial charge on any atom is 0.256 e. The monoisotopic (exact) mass is 306 g/mol. The standard InChI is InChI=1S/C16H16ClFN2O/c1-19-10-9-11-5-2-3-6-12(11)16(21)20-15-13(17)7-4-8-14(15)18/h2-8,19H,9-10H2,1H3,(H,20,21). The van der Waals surface area contributed by atoms with E-state index in [4.69, 9.17) is 11.6 Å². The minimum atomic E-state index is -0.552. The van der Waals surface area contributed by atoms with Gasteiger partial charge in [-0.2, -0.15) is 0 Å². The van der Waals surface area contributed by atoms with Crippen molar-refractivity contribution in [2.75, 3.05) is 18.9 Å². The van der Waals surface area contributed by atoms with Crippen molar-refractivity contribution in [2.45, 2.75) is 6.42 Å². The van der Waals surface area contributed by atoms with Crippen LogP contribution >= 0.6 is 11.6 Å². The van der Waals surface area contributed by atoms with E-state index in [1.807, 2.05) is 19.2 Å². The second-order valence-corrected chi connectivity index (χ2v) is 4.97. The van der Waals surface area contributed by atoms with Crippen LogP contribution in [0.25, 0.3) is 0 Å². The Bertz CT molecular complexity index is 626. The number of carbonyl (C=O) groups excluding carboxylic acids is 1. The average Bonchev–Trinajstić information content (AvgIpc) is 2.49. The second-order valence-electron chi connectivity index (χ2n) is 4.56. The van der Waals surface area contributed by atoms with E-state index in [9.17, 15) is 9.18 Å². The zero-order valence-corrected chi connectivity index (χ0v) is 12.4. The quantitative estimate of drug-likeness (QED) is 0.888. The molecule has 0 radical (unpaired) electrons. The molecule has 0 atom stereocenters. The number of carbonyl (C=O) groups is 1. The zero-order chi connectivity index (χ0) is 15.2. The Morgan fingerprint density at radius 2 is 1.95 bits per heavy atom. The number of para-hydroxylation sites is 1. The van der Waals surface area contributed by atoms with E-state index in [-0.39, 0.29) is 16.6 Å². The first-order valence-corrected chi connectivity index (χ1v) is 6.99. The third-order valence-electron chi connectivity index (χ3n) is 3.11. The molecule has 0 fully saturated rings. The molecule has 2 aromatic carbocycles. The van der Waals surface area contributed by atoms with Crippen LogP contribution in [0.4, 0.5) is 10.1 Å². The lowest BCUT2D eigenvalue weighted by atomic mass is 10.0. The molecule has 0 aliphatic rings. The highest BCUT2D eigenvalue weighted by Gasteiger charge is 2.14. The van der Waals surface area contributed by atoms with E-state index in [0.717, 1.165) is 12.1 Å². The first-order valence-electron chi connectivity index (χ1n) is 6.61. The van der Waals surface area contributed by atoms with Crippen molar-refractivity contribution in [1.82, 2.24) is 5.32 Å². The van der Waals surface area contributed by atoms with Gasteiger partial charge in [-0.15, -0.1) is 0 Å². The normalized spacial score (nSPS) is 10.4. The molecular formula is C16H16ClFN2O. The molecular weight excluding hydrogens is 291 g/mol. The predicted octanol–water partition coefficient (Wildman–Crippen LogP) is 3.49. The van der Waals surface area contributed by atoms with Crippen LogP contribution in [0.1, 0.15) is 15.9 Å². The highest BCUT2D eigenvalue weighted by molar-refractivity contribution is 6.34. The number of rotatable bonds is 5. The lowest BCUT2D eigenvalue weighted by molar-refractivity contribution is 0.102. The highest BCUT2D eigenvalue weighted by Crippen LogP contribution is 2.25. The fourth-order valence-corrected chi connectivity index (χ4v) is 2.23. The fourth-order valence-electron chi connectivity index (χ4n) is 2.02. The van der Waals surface area contributed by atoms with Crippen molar-refractivity contribution >= 4 is 23.2 Å². The molecule has 5 heteroatoms. The number of anilines is 1. The molecule has 0 heterocycles. The molecule has 0 saturated carbocycles. The van der Waals surface area contributed by atoms with Gasteiger partial charge in [-0.25, -0.2) is 4.39 Å². The first-order chi connectivity index (χ1) is 10.1. The molecule has 0 aliphatic heterocycles. The molecule has 21 heavy (non-hydrogen) atoms. The summed E-state index contributed by atoms with van der Waals surface area (Å²) in [6.07, 6.45) is 0.713. The van der Waals surface area contributed by atoms with Crippen LogP contribution in [0.5, 0.6) is 0 Å². The molecule has 0 aliphatic carbocycles. The molecule has 0 aromatic heterocycles. The molecule has 2 aromatic rings. The number of benzene rings is 2. The van der Waals surface area contributed by atoms with Gasteiger partial charge >= 0.3 is 0 Å². The van der Waals surface area contributed by atoms with Crippen molar-refractivity contribution in [3.63, 3.8) is 0 Å². The van der Waals surface area contributed by atoms with Gasteiger partial charge in [0.15, 0.2) is 0 Å². The van der Waals surface area contributed by atoms with Crippen molar-refractivity contribution in [1.29, 1.82) is 0 Å². The zero-order valence-electron chi connectivity index (χ0n) is 11.6. The van der Waals surface area contributed by atoms with Crippen LogP contribution in [0, 0.1) is 5.82 Å². The summed E-state index contributed by atoms with van der Waals surface area (Å²) in [7, 11) is 1.85. The second kappa shape index (κ2) is 7.20. The van der Waals surface area contributed by atoms with Gasteiger partial charge in [-0.1, -0.05) is 35.9 Å². The van der Waals surface area contributed by atoms with E-state index in [1.54, 1.807) is 12.1 Å². The number of amides is 1. The Morgan fingerprint density at radius 1 is 1.19 bits per heavy atom. The molecule has 3 nitrogen and oxygen atoms in total. The molecule has 110 valence electrons. The Hall–Kier alpha value is -1.91. The summed E-state index contributed by atoms with van der Waals surface area (Å²) in [4.78, 5) is 12.3. The molecule has 0 saturated heterocycles. The van der Waals surface area contributed by atoms with E-state index in [2.05, 4.69) is 10.6 Å². The van der Waals surface area contributed by atoms with Gasteiger partial charge in [0.05, 0.1) is 10.7 Å². The van der Waals surface area contributed by atoms with Crippen LogP contribution in [-0.2, 0) is 6.42 Å². The summed E-state index contributed by atoms with van der Waals surface area (Å²) in [5.41, 5.74) is 1.43. The van der Waals surface area contributed by atoms with Crippen LogP contribution in [0.2, 0.25) is 5.02 Å². The van der Waals surface area contributed by atoms with Gasteiger partial charge in [0.25, 0.3) is 5.91 Å². The van der Waals surface area contributed by atoms with Gasteiger partial charge in [0, 0.05) is 5.56 Å². The summed E-state index contributed by atoms with van der Waals surface area (Å²) < 4.78 is 13.7. The summed E-state index contributed by atoms with van der Waals surface area (Å²) in [5, 5.41) is 5.76. The summed E-state index contributed by atoms with van der Waals surface area (Å²) >= 11 is 5.92. The lowest BCUT2D eigenvalue weighted by Gasteiger charge is -2.11. The molecule has 0 unspecified atom stereocenters. The minimum Gasteiger partial charge on any atom is -0.319 e. The van der Waals surface area contributed by atoms with Gasteiger partial charge in [-0.05, 0) is 43.8 Å². The van der Waals surface area contributed by atoms with Gasteiger partial charge in [0.2, 0.25) is 0 Å². The van der Waals surface area contributed by atoms with Crippen molar-refractivity contribution in [3.05, 3.63) is 64.4 Å². The Balaban J connectivity index is 2.25. The molecule has 0 bridgehead atoms. The fraction of sp³-hybridized carbons (Fsp3) is 0.188. The van der Waals surface area contributed by atoms with Crippen LogP contribution in [0.15, 0.2) is 42.5 Å². The van der Waals surface area contributed by atoms with E-state index in [0.29, 0.717) is 12.0 Å². The van der Waals surface area contributed by atoms with Gasteiger partial charge in [0.1, 0.15) is 5.82 Å². The lowest BCUT2D eigenvalue weighted by Crippen LogP contribution is -2.18. The summed E-state index contributed by atoms with van der Waals surface area (Å²) in [6.45, 7) is 0.755. The molecule has 2 rings (SSSR count). The number of nitrogens with one attached hydrogen (secondary N) is 2. The van der Waals surface area contributed by atoms with Crippen molar-refractivity contribution in [3.8, 4) is 0 Å². The van der Waals surface area contributed by atoms with Gasteiger partial charge in [-0.3, -0.25) is 4.79 Å². The summed E-state index contributed by atoms with van der Waals surface area (Å²) in [5.74, 6) is -0.919. The van der Waals surface area contributed by atoms with Crippen molar-refractivity contribution in [2.24, 2.45) is 0 Å². The van der Waals surface area contributed by atoms with Gasteiger partial charge < -0.3 is 10.6 Å². The summed E-state index contributed by atoms with van der Waals surface area (Å²) in [6, 6.07) is 11.5. The molecule has 2 N–H and O–H groups in total. The Kier molecular flexibility index (Phi) is 5.31. The third kappa shape index (κ3) is 3.80. The SMILES string of the molecule is CNCCc1ccccc1C(=O)Nc1c(F)cccc1Cl. The number of likely N-dealkylation sites (N-methyl/N-ethyl adjacent to an activating group) is 1. The number of hydrogen-bond acceptors (Lipinski definition) is 2. The maximum atomic E-state index is 13.7. The number of halogens is 2. The molecule has 1 amide bonds. The van der Waals surface area contributed by atoms with Crippen LogP contribution in [-0.4, -0.2) is 19.5 Å². The third-order valence-corrected chi connectivity index (χ3v) is 3.42. The Morgan fingerprint density at radius 3 is 2.67 bits per heavy atom. The minimum absolute atomic E-state index is 0.00702. The topological polar surface area (TPSA) is 41.1 Å².